The van der Waals surface area contributed by atoms with Gasteiger partial charge in [0.1, 0.15) is 5.75 Å². The molecule has 5 nitrogen and oxygen atoms in total. The van der Waals surface area contributed by atoms with E-state index in [2.05, 4.69) is 39.8 Å². The molecule has 1 aliphatic rings. The van der Waals surface area contributed by atoms with Crippen LogP contribution in [0.25, 0.3) is 0 Å². The molecule has 0 aliphatic carbocycles. The number of para-hydroxylation sites is 1. The van der Waals surface area contributed by atoms with E-state index in [1.54, 1.807) is 0 Å². The number of anilines is 1. The van der Waals surface area contributed by atoms with Gasteiger partial charge >= 0.3 is 6.03 Å². The zero-order valence-corrected chi connectivity index (χ0v) is 16.2. The molecule has 2 amide bonds. The summed E-state index contributed by atoms with van der Waals surface area (Å²) in [6.07, 6.45) is 2.22. The monoisotopic (exact) mass is 367 g/mol. The molecular formula is C22H29N3O2. The smallest absolute Gasteiger partial charge is 0.315 e. The summed E-state index contributed by atoms with van der Waals surface area (Å²) < 4.78 is 5.70. The highest BCUT2D eigenvalue weighted by Crippen LogP contribution is 2.19. The van der Waals surface area contributed by atoms with E-state index in [0.717, 1.165) is 37.2 Å². The lowest BCUT2D eigenvalue weighted by Crippen LogP contribution is -2.50. The Kier molecular flexibility index (Phi) is 6.58. The third-order valence-electron chi connectivity index (χ3n) is 4.60. The summed E-state index contributed by atoms with van der Waals surface area (Å²) in [6.45, 7) is 6.36. The zero-order valence-electron chi connectivity index (χ0n) is 16.2. The van der Waals surface area contributed by atoms with Crippen LogP contribution in [-0.2, 0) is 6.54 Å². The molecule has 27 heavy (non-hydrogen) atoms. The molecule has 2 aromatic carbocycles. The van der Waals surface area contributed by atoms with E-state index in [1.807, 2.05) is 44.2 Å². The summed E-state index contributed by atoms with van der Waals surface area (Å²) in [5, 5.41) is 6.07. The van der Waals surface area contributed by atoms with Crippen LogP contribution in [0.2, 0.25) is 0 Å². The first-order valence-corrected chi connectivity index (χ1v) is 9.70. The van der Waals surface area contributed by atoms with Gasteiger partial charge < -0.3 is 20.3 Å². The summed E-state index contributed by atoms with van der Waals surface area (Å²) in [4.78, 5) is 14.7. The minimum Gasteiger partial charge on any atom is -0.491 e. The van der Waals surface area contributed by atoms with Crippen molar-refractivity contribution in [2.24, 2.45) is 0 Å². The number of rotatable bonds is 6. The molecule has 0 saturated carbocycles. The van der Waals surface area contributed by atoms with Gasteiger partial charge in [-0.25, -0.2) is 4.79 Å². The quantitative estimate of drug-likeness (QED) is 0.813. The number of nitrogens with zero attached hydrogens (tertiary/aromatic N) is 1. The van der Waals surface area contributed by atoms with E-state index >= 15 is 0 Å². The highest BCUT2D eigenvalue weighted by atomic mass is 16.5. The van der Waals surface area contributed by atoms with E-state index in [-0.39, 0.29) is 18.2 Å². The van der Waals surface area contributed by atoms with Gasteiger partial charge in [-0.3, -0.25) is 0 Å². The van der Waals surface area contributed by atoms with Gasteiger partial charge in [0, 0.05) is 31.4 Å². The normalized spacial score (nSPS) is 16.9. The molecule has 3 rings (SSSR count). The molecule has 1 aliphatic heterocycles. The maximum absolute atomic E-state index is 12.3. The number of ether oxygens (including phenoxy) is 1. The summed E-state index contributed by atoms with van der Waals surface area (Å²) in [7, 11) is 0. The van der Waals surface area contributed by atoms with Crippen LogP contribution in [0.4, 0.5) is 10.5 Å². The Bertz CT molecular complexity index is 733. The fourth-order valence-electron chi connectivity index (χ4n) is 3.39. The third kappa shape index (κ3) is 5.91. The second-order valence-corrected chi connectivity index (χ2v) is 7.26. The number of hydrogen-bond acceptors (Lipinski definition) is 3. The molecule has 0 spiro atoms. The van der Waals surface area contributed by atoms with Crippen molar-refractivity contribution in [2.45, 2.75) is 45.4 Å². The van der Waals surface area contributed by atoms with Crippen molar-refractivity contribution >= 4 is 11.7 Å². The van der Waals surface area contributed by atoms with Gasteiger partial charge in [0.2, 0.25) is 0 Å². The average Bonchev–Trinajstić information content (AvgIpc) is 2.67. The number of carbonyl (C=O) groups excluding carboxylic acids is 1. The lowest BCUT2D eigenvalue weighted by molar-refractivity contribution is 0.234. The molecule has 2 N–H and O–H groups in total. The molecule has 5 heteroatoms. The topological polar surface area (TPSA) is 53.6 Å². The number of amides is 2. The van der Waals surface area contributed by atoms with Crippen molar-refractivity contribution in [3.8, 4) is 5.75 Å². The van der Waals surface area contributed by atoms with Crippen LogP contribution in [-0.4, -0.2) is 31.3 Å². The van der Waals surface area contributed by atoms with Crippen molar-refractivity contribution in [3.05, 3.63) is 60.2 Å². The van der Waals surface area contributed by atoms with Crippen LogP contribution in [0.15, 0.2) is 54.6 Å². The van der Waals surface area contributed by atoms with Crippen molar-refractivity contribution in [2.75, 3.05) is 18.0 Å². The molecule has 1 unspecified atom stereocenters. The Morgan fingerprint density at radius 1 is 1.19 bits per heavy atom. The fraction of sp³-hybridized carbons (Fsp3) is 0.409. The minimum absolute atomic E-state index is 0.120. The Morgan fingerprint density at radius 3 is 2.78 bits per heavy atom. The van der Waals surface area contributed by atoms with Crippen LogP contribution < -0.4 is 20.3 Å². The first-order chi connectivity index (χ1) is 13.1. The van der Waals surface area contributed by atoms with Crippen molar-refractivity contribution in [1.82, 2.24) is 10.6 Å². The lowest BCUT2D eigenvalue weighted by Gasteiger charge is -2.34. The molecule has 1 fully saturated rings. The number of benzene rings is 2. The second kappa shape index (κ2) is 9.31. The first-order valence-electron chi connectivity index (χ1n) is 9.70. The zero-order chi connectivity index (χ0) is 19.1. The van der Waals surface area contributed by atoms with E-state index in [4.69, 9.17) is 4.74 Å². The second-order valence-electron chi connectivity index (χ2n) is 7.26. The Labute approximate surface area is 161 Å². The van der Waals surface area contributed by atoms with E-state index < -0.39 is 0 Å². The molecule has 1 atom stereocenters. The van der Waals surface area contributed by atoms with Gasteiger partial charge in [-0.2, -0.15) is 0 Å². The van der Waals surface area contributed by atoms with Crippen molar-refractivity contribution < 1.29 is 9.53 Å². The Hall–Kier alpha value is -2.69. The standard InChI is InChI=1S/C22H29N3O2/c1-17(2)27-21-12-6-8-18(14-21)15-23-22(26)24-19-9-7-13-25(16-19)20-10-4-3-5-11-20/h3-6,8,10-12,14,17,19H,7,9,13,15-16H2,1-2H3,(H2,23,24,26). The number of hydrogen-bond donors (Lipinski definition) is 2. The van der Waals surface area contributed by atoms with Crippen molar-refractivity contribution in [3.63, 3.8) is 0 Å². The van der Waals surface area contributed by atoms with Gasteiger partial charge in [0.05, 0.1) is 6.10 Å². The summed E-state index contributed by atoms with van der Waals surface area (Å²) in [5.41, 5.74) is 2.24. The Balaban J connectivity index is 1.48. The van der Waals surface area contributed by atoms with E-state index in [0.29, 0.717) is 6.54 Å². The van der Waals surface area contributed by atoms with Gasteiger partial charge in [-0.1, -0.05) is 30.3 Å². The van der Waals surface area contributed by atoms with Crippen LogP contribution in [0.1, 0.15) is 32.3 Å². The molecule has 0 radical (unpaired) electrons. The Morgan fingerprint density at radius 2 is 2.00 bits per heavy atom. The number of urea groups is 1. The highest BCUT2D eigenvalue weighted by Gasteiger charge is 2.21. The SMILES string of the molecule is CC(C)Oc1cccc(CNC(=O)NC2CCCN(c3ccccc3)C2)c1. The molecular weight excluding hydrogens is 338 g/mol. The van der Waals surface area contributed by atoms with Gasteiger partial charge in [0.25, 0.3) is 0 Å². The lowest BCUT2D eigenvalue weighted by atomic mass is 10.1. The largest absolute Gasteiger partial charge is 0.491 e. The van der Waals surface area contributed by atoms with E-state index in [9.17, 15) is 4.79 Å². The maximum atomic E-state index is 12.3. The van der Waals surface area contributed by atoms with Crippen LogP contribution >= 0.6 is 0 Å². The molecule has 1 heterocycles. The predicted octanol–water partition coefficient (Wildman–Crippen LogP) is 3.94. The average molecular weight is 367 g/mol. The van der Waals surface area contributed by atoms with Gasteiger partial charge in [-0.15, -0.1) is 0 Å². The number of nitrogens with one attached hydrogen (secondary N) is 2. The van der Waals surface area contributed by atoms with Gasteiger partial charge in [0.15, 0.2) is 0 Å². The summed E-state index contributed by atoms with van der Waals surface area (Å²) >= 11 is 0. The van der Waals surface area contributed by atoms with Crippen LogP contribution in [0, 0.1) is 0 Å². The maximum Gasteiger partial charge on any atom is 0.315 e. The van der Waals surface area contributed by atoms with E-state index in [1.165, 1.54) is 5.69 Å². The molecule has 0 aromatic heterocycles. The molecule has 144 valence electrons. The minimum atomic E-state index is -0.120. The third-order valence-corrected chi connectivity index (χ3v) is 4.60. The molecule has 2 aromatic rings. The van der Waals surface area contributed by atoms with Crippen molar-refractivity contribution in [1.29, 1.82) is 0 Å². The highest BCUT2D eigenvalue weighted by molar-refractivity contribution is 5.74. The molecule has 1 saturated heterocycles. The summed E-state index contributed by atoms with van der Waals surface area (Å²) in [6, 6.07) is 18.3. The van der Waals surface area contributed by atoms with Gasteiger partial charge in [-0.05, 0) is 56.5 Å². The predicted molar refractivity (Wildman–Crippen MR) is 109 cm³/mol. The number of carbonyl (C=O) groups is 1. The van der Waals surface area contributed by atoms with Crippen LogP contribution in [0.3, 0.4) is 0 Å². The number of piperidine rings is 1. The summed E-state index contributed by atoms with van der Waals surface area (Å²) in [5.74, 6) is 0.829. The first kappa shape index (κ1) is 19.1. The molecule has 0 bridgehead atoms. The fourth-order valence-corrected chi connectivity index (χ4v) is 3.39. The van der Waals surface area contributed by atoms with Crippen LogP contribution in [0.5, 0.6) is 5.75 Å².